The lowest BCUT2D eigenvalue weighted by Gasteiger charge is -2.38. The molecular formula is C28H32N4O3. The summed E-state index contributed by atoms with van der Waals surface area (Å²) in [6.45, 7) is 4.63. The quantitative estimate of drug-likeness (QED) is 0.631. The number of benzene rings is 2. The molecule has 7 nitrogen and oxygen atoms in total. The van der Waals surface area contributed by atoms with Gasteiger partial charge in [-0.15, -0.1) is 0 Å². The highest BCUT2D eigenvalue weighted by Gasteiger charge is 2.42. The first-order valence-corrected chi connectivity index (χ1v) is 12.5. The molecule has 3 aliphatic rings. The van der Waals surface area contributed by atoms with Crippen molar-refractivity contribution in [1.29, 1.82) is 0 Å². The summed E-state index contributed by atoms with van der Waals surface area (Å²) >= 11 is 0. The number of nitrogens with zero attached hydrogens (tertiary/aromatic N) is 2. The summed E-state index contributed by atoms with van der Waals surface area (Å²) < 4.78 is 0. The Labute approximate surface area is 206 Å². The van der Waals surface area contributed by atoms with E-state index in [1.807, 2.05) is 12.2 Å². The van der Waals surface area contributed by atoms with E-state index < -0.39 is 0 Å². The number of allylic oxidation sites excluding steroid dienone is 2. The topological polar surface area (TPSA) is 81.8 Å². The van der Waals surface area contributed by atoms with Gasteiger partial charge in [-0.25, -0.2) is 5.01 Å². The number of rotatable bonds is 6. The number of carbonyl (C=O) groups excluding carboxylic acids is 3. The van der Waals surface area contributed by atoms with Gasteiger partial charge in [0.05, 0.1) is 23.6 Å². The lowest BCUT2D eigenvalue weighted by Crippen LogP contribution is -2.59. The monoisotopic (exact) mass is 472 g/mol. The van der Waals surface area contributed by atoms with E-state index in [-0.39, 0.29) is 35.6 Å². The molecule has 182 valence electrons. The number of hydrazine groups is 1. The number of aryl methyl sites for hydroxylation is 1. The van der Waals surface area contributed by atoms with E-state index in [2.05, 4.69) is 46.8 Å². The molecule has 3 amide bonds. The van der Waals surface area contributed by atoms with Gasteiger partial charge in [-0.3, -0.25) is 24.7 Å². The van der Waals surface area contributed by atoms with Crippen LogP contribution in [0.5, 0.6) is 0 Å². The van der Waals surface area contributed by atoms with Crippen molar-refractivity contribution in [2.45, 2.75) is 38.6 Å². The summed E-state index contributed by atoms with van der Waals surface area (Å²) in [6, 6.07) is 15.5. The van der Waals surface area contributed by atoms with E-state index in [9.17, 15) is 14.4 Å². The molecule has 0 saturated carbocycles. The Morgan fingerprint density at radius 3 is 2.49 bits per heavy atom. The van der Waals surface area contributed by atoms with Crippen molar-refractivity contribution in [3.05, 3.63) is 77.4 Å². The summed E-state index contributed by atoms with van der Waals surface area (Å²) in [6.07, 6.45) is 7.41. The van der Waals surface area contributed by atoms with Crippen molar-refractivity contribution in [2.75, 3.05) is 24.6 Å². The maximum absolute atomic E-state index is 13.1. The minimum Gasteiger partial charge on any atom is -0.350 e. The Bertz CT molecular complexity index is 1140. The molecule has 35 heavy (non-hydrogen) atoms. The number of anilines is 1. The summed E-state index contributed by atoms with van der Waals surface area (Å²) in [5.41, 5.74) is 6.10. The summed E-state index contributed by atoms with van der Waals surface area (Å²) in [5.74, 6) is -1.16. The highest BCUT2D eigenvalue weighted by Crippen LogP contribution is 2.32. The third-order valence-corrected chi connectivity index (χ3v) is 7.39. The van der Waals surface area contributed by atoms with Crippen molar-refractivity contribution in [3.63, 3.8) is 0 Å². The molecule has 2 N–H and O–H groups in total. The molecule has 2 aromatic carbocycles. The Morgan fingerprint density at radius 1 is 1.03 bits per heavy atom. The molecule has 0 spiro atoms. The zero-order valence-electron chi connectivity index (χ0n) is 20.1. The van der Waals surface area contributed by atoms with Crippen molar-refractivity contribution in [1.82, 2.24) is 15.6 Å². The van der Waals surface area contributed by atoms with Crippen LogP contribution in [0, 0.1) is 18.8 Å². The van der Waals surface area contributed by atoms with Crippen molar-refractivity contribution in [2.24, 2.45) is 11.8 Å². The molecule has 3 unspecified atom stereocenters. The maximum atomic E-state index is 13.1. The number of hydrogen-bond donors (Lipinski definition) is 2. The highest BCUT2D eigenvalue weighted by molar-refractivity contribution is 6.05. The van der Waals surface area contributed by atoms with Crippen LogP contribution in [0.15, 0.2) is 60.7 Å². The van der Waals surface area contributed by atoms with Crippen molar-refractivity contribution >= 4 is 23.4 Å². The Balaban J connectivity index is 1.30. The van der Waals surface area contributed by atoms with Gasteiger partial charge in [0, 0.05) is 12.1 Å². The minimum atomic E-state index is -0.359. The van der Waals surface area contributed by atoms with Gasteiger partial charge in [0.1, 0.15) is 0 Å². The van der Waals surface area contributed by atoms with Crippen LogP contribution in [-0.2, 0) is 9.59 Å². The summed E-state index contributed by atoms with van der Waals surface area (Å²) in [5, 5.41) is 4.41. The number of hydrogen-bond acceptors (Lipinski definition) is 4. The van der Waals surface area contributed by atoms with Crippen LogP contribution in [0.1, 0.15) is 53.2 Å². The van der Waals surface area contributed by atoms with Gasteiger partial charge in [0.25, 0.3) is 5.91 Å². The molecule has 5 rings (SSSR count). The zero-order chi connectivity index (χ0) is 24.4. The summed E-state index contributed by atoms with van der Waals surface area (Å²) in [7, 11) is 0. The van der Waals surface area contributed by atoms with Gasteiger partial charge in [-0.2, -0.15) is 0 Å². The molecule has 3 atom stereocenters. The third-order valence-electron chi connectivity index (χ3n) is 7.39. The summed E-state index contributed by atoms with van der Waals surface area (Å²) in [4.78, 5) is 41.3. The molecule has 7 heteroatoms. The smallest absolute Gasteiger partial charge is 0.251 e. The predicted molar refractivity (Wildman–Crippen MR) is 134 cm³/mol. The second kappa shape index (κ2) is 10.0. The van der Waals surface area contributed by atoms with E-state index in [0.717, 1.165) is 13.1 Å². The SMILES string of the molecule is Cc1ccc(C(CNC(=O)c2cccc(N3NC(=O)C4CC=CCC4C3=O)c2)N2CCCC2)cc1. The molecule has 2 aromatic rings. The first-order valence-electron chi connectivity index (χ1n) is 12.5. The first kappa shape index (κ1) is 23.3. The molecule has 2 saturated heterocycles. The average molecular weight is 473 g/mol. The van der Waals surface area contributed by atoms with E-state index in [1.54, 1.807) is 24.3 Å². The number of carbonyl (C=O) groups is 3. The number of fused-ring (bicyclic) bond motifs is 1. The van der Waals surface area contributed by atoms with Gasteiger partial charge in [0.15, 0.2) is 0 Å². The standard InChI is InChI=1S/C28H32N4O3/c1-19-11-13-20(14-12-19)25(31-15-4-5-16-31)18-29-26(33)21-7-6-8-22(17-21)32-28(35)24-10-3-2-9-23(24)27(34)30-32/h2-3,6-8,11-14,17,23-25H,4-5,9-10,15-16,18H2,1H3,(H,29,33)(H,30,34). The second-order valence-corrected chi connectivity index (χ2v) is 9.74. The number of likely N-dealkylation sites (tertiary alicyclic amines) is 1. The Kier molecular flexibility index (Phi) is 6.68. The predicted octanol–water partition coefficient (Wildman–Crippen LogP) is 3.52. The van der Waals surface area contributed by atoms with E-state index in [4.69, 9.17) is 0 Å². The Hall–Kier alpha value is -3.45. The van der Waals surface area contributed by atoms with Gasteiger partial charge in [0.2, 0.25) is 11.8 Å². The fourth-order valence-electron chi connectivity index (χ4n) is 5.36. The average Bonchev–Trinajstić information content (AvgIpc) is 3.42. The number of amides is 3. The third kappa shape index (κ3) is 4.86. The maximum Gasteiger partial charge on any atom is 0.251 e. The van der Waals surface area contributed by atoms with E-state index >= 15 is 0 Å². The van der Waals surface area contributed by atoms with Crippen LogP contribution in [0.4, 0.5) is 5.69 Å². The van der Waals surface area contributed by atoms with Crippen LogP contribution < -0.4 is 15.8 Å². The van der Waals surface area contributed by atoms with Crippen LogP contribution in [-0.4, -0.2) is 42.3 Å². The van der Waals surface area contributed by atoms with Crippen LogP contribution in [0.25, 0.3) is 0 Å². The first-order chi connectivity index (χ1) is 17.0. The van der Waals surface area contributed by atoms with E-state index in [1.165, 1.54) is 29.0 Å². The van der Waals surface area contributed by atoms with Crippen LogP contribution in [0.3, 0.4) is 0 Å². The van der Waals surface area contributed by atoms with Gasteiger partial charge in [-0.05, 0) is 69.5 Å². The number of nitrogens with one attached hydrogen (secondary N) is 2. The normalized spacial score (nSPS) is 23.1. The molecule has 2 aliphatic heterocycles. The fourth-order valence-corrected chi connectivity index (χ4v) is 5.36. The highest BCUT2D eigenvalue weighted by atomic mass is 16.2. The molecule has 1 aliphatic carbocycles. The lowest BCUT2D eigenvalue weighted by atomic mass is 9.80. The molecule has 2 heterocycles. The zero-order valence-corrected chi connectivity index (χ0v) is 20.1. The molecule has 0 radical (unpaired) electrons. The molecular weight excluding hydrogens is 440 g/mol. The molecule has 0 aromatic heterocycles. The van der Waals surface area contributed by atoms with Gasteiger partial charge in [-0.1, -0.05) is 48.0 Å². The van der Waals surface area contributed by atoms with Crippen LogP contribution >= 0.6 is 0 Å². The second-order valence-electron chi connectivity index (χ2n) is 9.74. The van der Waals surface area contributed by atoms with Crippen LogP contribution in [0.2, 0.25) is 0 Å². The Morgan fingerprint density at radius 2 is 1.74 bits per heavy atom. The van der Waals surface area contributed by atoms with E-state index in [0.29, 0.717) is 30.6 Å². The lowest BCUT2D eigenvalue weighted by molar-refractivity contribution is -0.139. The van der Waals surface area contributed by atoms with Crippen molar-refractivity contribution < 1.29 is 14.4 Å². The molecule has 0 bridgehead atoms. The minimum absolute atomic E-state index is 0.115. The fraction of sp³-hybridized carbons (Fsp3) is 0.393. The van der Waals surface area contributed by atoms with Gasteiger partial charge >= 0.3 is 0 Å². The van der Waals surface area contributed by atoms with Gasteiger partial charge < -0.3 is 5.32 Å². The van der Waals surface area contributed by atoms with Crippen molar-refractivity contribution in [3.8, 4) is 0 Å². The molecule has 2 fully saturated rings. The largest absolute Gasteiger partial charge is 0.350 e.